The van der Waals surface area contributed by atoms with E-state index in [-0.39, 0.29) is 6.10 Å². The number of fused-ring (bicyclic) bond motifs is 1. The summed E-state index contributed by atoms with van der Waals surface area (Å²) in [6, 6.07) is 0. The zero-order valence-corrected chi connectivity index (χ0v) is 9.83. The third-order valence-corrected chi connectivity index (χ3v) is 3.50. The van der Waals surface area contributed by atoms with Gasteiger partial charge in [-0.3, -0.25) is 0 Å². The van der Waals surface area contributed by atoms with Gasteiger partial charge in [0.2, 0.25) is 4.96 Å². The molecule has 86 valence electrons. The molecule has 0 aromatic carbocycles. The van der Waals surface area contributed by atoms with Crippen LogP contribution in [0.2, 0.25) is 0 Å². The third-order valence-electron chi connectivity index (χ3n) is 2.60. The fourth-order valence-electron chi connectivity index (χ4n) is 1.88. The summed E-state index contributed by atoms with van der Waals surface area (Å²) in [6.45, 7) is 1.58. The molecule has 1 N–H and O–H groups in total. The van der Waals surface area contributed by atoms with Gasteiger partial charge >= 0.3 is 0 Å². The largest absolute Gasteiger partial charge is 0.370 e. The van der Waals surface area contributed by atoms with E-state index < -0.39 is 0 Å². The van der Waals surface area contributed by atoms with Gasteiger partial charge in [-0.05, 0) is 19.9 Å². The maximum absolute atomic E-state index is 5.60. The van der Waals surface area contributed by atoms with Gasteiger partial charge in [-0.25, -0.2) is 0 Å². The summed E-state index contributed by atoms with van der Waals surface area (Å²) in [6.07, 6.45) is 2.17. The quantitative estimate of drug-likeness (QED) is 0.856. The number of hydrogen-bond acceptors (Lipinski definition) is 6. The Balaban J connectivity index is 1.97. The summed E-state index contributed by atoms with van der Waals surface area (Å²) in [7, 11) is 1.91. The molecule has 0 aliphatic carbocycles. The van der Waals surface area contributed by atoms with E-state index in [0.29, 0.717) is 0 Å². The molecule has 1 fully saturated rings. The van der Waals surface area contributed by atoms with E-state index in [1.165, 1.54) is 0 Å². The molecule has 0 bridgehead atoms. The van der Waals surface area contributed by atoms with Gasteiger partial charge in [0.15, 0.2) is 5.82 Å². The van der Waals surface area contributed by atoms with Crippen molar-refractivity contribution in [1.29, 1.82) is 0 Å². The van der Waals surface area contributed by atoms with Crippen molar-refractivity contribution in [2.24, 2.45) is 0 Å². The fraction of sp³-hybridized carbons (Fsp3) is 0.667. The molecule has 0 amide bonds. The molecule has 0 spiro atoms. The van der Waals surface area contributed by atoms with E-state index in [9.17, 15) is 0 Å². The first-order valence-electron chi connectivity index (χ1n) is 5.35. The average molecular weight is 239 g/mol. The van der Waals surface area contributed by atoms with Crippen LogP contribution in [-0.4, -0.2) is 33.5 Å². The van der Waals surface area contributed by atoms with Crippen LogP contribution in [0.15, 0.2) is 0 Å². The molecule has 3 rings (SSSR count). The first-order valence-corrected chi connectivity index (χ1v) is 6.17. The average Bonchev–Trinajstić information content (AvgIpc) is 2.90. The zero-order valence-electron chi connectivity index (χ0n) is 9.01. The van der Waals surface area contributed by atoms with Crippen LogP contribution in [0.4, 0.5) is 0 Å². The minimum Gasteiger partial charge on any atom is -0.370 e. The normalized spacial score (nSPS) is 20.9. The van der Waals surface area contributed by atoms with Crippen molar-refractivity contribution in [1.82, 2.24) is 25.1 Å². The number of nitrogens with one attached hydrogen (secondary N) is 1. The summed E-state index contributed by atoms with van der Waals surface area (Å²) in [5.41, 5.74) is 0. The number of aromatic nitrogens is 4. The van der Waals surface area contributed by atoms with E-state index in [1.807, 2.05) is 11.6 Å². The van der Waals surface area contributed by atoms with Crippen LogP contribution < -0.4 is 5.32 Å². The first kappa shape index (κ1) is 10.1. The Bertz CT molecular complexity index is 487. The highest BCUT2D eigenvalue weighted by Gasteiger charge is 2.24. The number of rotatable bonds is 3. The van der Waals surface area contributed by atoms with E-state index in [1.54, 1.807) is 11.3 Å². The van der Waals surface area contributed by atoms with Crippen LogP contribution in [0.5, 0.6) is 0 Å². The van der Waals surface area contributed by atoms with Gasteiger partial charge in [-0.15, -0.1) is 10.2 Å². The number of hydrogen-bond donors (Lipinski definition) is 1. The lowest BCUT2D eigenvalue weighted by atomic mass is 10.2. The van der Waals surface area contributed by atoms with E-state index in [4.69, 9.17) is 4.74 Å². The molecule has 16 heavy (non-hydrogen) atoms. The predicted octanol–water partition coefficient (Wildman–Crippen LogP) is 0.757. The summed E-state index contributed by atoms with van der Waals surface area (Å²) in [4.78, 5) is 0.843. The summed E-state index contributed by atoms with van der Waals surface area (Å²) >= 11 is 1.56. The molecule has 1 atom stereocenters. The molecule has 1 saturated heterocycles. The van der Waals surface area contributed by atoms with Crippen molar-refractivity contribution in [2.45, 2.75) is 25.5 Å². The molecule has 1 aliphatic rings. The lowest BCUT2D eigenvalue weighted by Crippen LogP contribution is -2.07. The molecule has 0 saturated carbocycles. The topological polar surface area (TPSA) is 64.3 Å². The maximum Gasteiger partial charge on any atom is 0.234 e. The van der Waals surface area contributed by atoms with Crippen molar-refractivity contribution in [3.63, 3.8) is 0 Å². The second-order valence-corrected chi connectivity index (χ2v) is 4.82. The molecule has 7 heteroatoms. The molecule has 2 aromatic rings. The summed E-state index contributed by atoms with van der Waals surface area (Å²) in [5, 5.41) is 16.9. The molecular weight excluding hydrogens is 226 g/mol. The highest BCUT2D eigenvalue weighted by Crippen LogP contribution is 2.28. The first-order chi connectivity index (χ1) is 7.88. The van der Waals surface area contributed by atoms with Crippen LogP contribution in [-0.2, 0) is 11.3 Å². The Morgan fingerprint density at radius 2 is 2.50 bits per heavy atom. The van der Waals surface area contributed by atoms with Crippen LogP contribution in [0, 0.1) is 0 Å². The van der Waals surface area contributed by atoms with E-state index >= 15 is 0 Å². The minimum atomic E-state index is 0.0690. The van der Waals surface area contributed by atoms with Crippen LogP contribution in [0.1, 0.15) is 29.8 Å². The Kier molecular flexibility index (Phi) is 2.58. The van der Waals surface area contributed by atoms with Gasteiger partial charge < -0.3 is 10.1 Å². The lowest BCUT2D eigenvalue weighted by molar-refractivity contribution is 0.103. The van der Waals surface area contributed by atoms with E-state index in [0.717, 1.165) is 41.8 Å². The Morgan fingerprint density at radius 1 is 1.56 bits per heavy atom. The standard InChI is InChI=1S/C9H13N5OS/c1-10-5-7-13-14-8(6-3-2-4-15-6)11-12-9(14)16-7/h6,10H,2-5H2,1H3. The fourth-order valence-corrected chi connectivity index (χ4v) is 2.73. The summed E-state index contributed by atoms with van der Waals surface area (Å²) < 4.78 is 7.41. The van der Waals surface area contributed by atoms with Gasteiger partial charge in [0.05, 0.1) is 0 Å². The zero-order chi connectivity index (χ0) is 11.0. The second-order valence-electron chi connectivity index (χ2n) is 3.78. The molecule has 3 heterocycles. The van der Waals surface area contributed by atoms with Crippen molar-refractivity contribution < 1.29 is 4.74 Å². The van der Waals surface area contributed by atoms with Crippen molar-refractivity contribution in [2.75, 3.05) is 13.7 Å². The summed E-state index contributed by atoms with van der Waals surface area (Å²) in [5.74, 6) is 0.839. The number of ether oxygens (including phenoxy) is 1. The van der Waals surface area contributed by atoms with Crippen molar-refractivity contribution in [3.05, 3.63) is 10.8 Å². The lowest BCUT2D eigenvalue weighted by Gasteiger charge is -2.03. The maximum atomic E-state index is 5.60. The smallest absolute Gasteiger partial charge is 0.234 e. The molecule has 1 unspecified atom stereocenters. The van der Waals surface area contributed by atoms with Crippen molar-refractivity contribution in [3.8, 4) is 0 Å². The van der Waals surface area contributed by atoms with Crippen LogP contribution >= 0.6 is 11.3 Å². The second kappa shape index (κ2) is 4.08. The SMILES string of the molecule is CNCc1nn2c(C3CCCO3)nnc2s1. The predicted molar refractivity (Wildman–Crippen MR) is 59.3 cm³/mol. The highest BCUT2D eigenvalue weighted by molar-refractivity contribution is 7.16. The number of nitrogens with zero attached hydrogens (tertiary/aromatic N) is 4. The van der Waals surface area contributed by atoms with Crippen LogP contribution in [0.25, 0.3) is 4.96 Å². The van der Waals surface area contributed by atoms with Crippen molar-refractivity contribution >= 4 is 16.3 Å². The highest BCUT2D eigenvalue weighted by atomic mass is 32.1. The molecule has 1 aliphatic heterocycles. The Hall–Kier alpha value is -1.05. The third kappa shape index (κ3) is 1.60. The molecule has 0 radical (unpaired) electrons. The van der Waals surface area contributed by atoms with E-state index in [2.05, 4.69) is 20.6 Å². The molecule has 6 nitrogen and oxygen atoms in total. The van der Waals surface area contributed by atoms with Gasteiger partial charge in [0.25, 0.3) is 0 Å². The van der Waals surface area contributed by atoms with Gasteiger partial charge in [-0.1, -0.05) is 11.3 Å². The van der Waals surface area contributed by atoms with Gasteiger partial charge in [-0.2, -0.15) is 9.61 Å². The molecule has 2 aromatic heterocycles. The monoisotopic (exact) mass is 239 g/mol. The van der Waals surface area contributed by atoms with Gasteiger partial charge in [0.1, 0.15) is 11.1 Å². The minimum absolute atomic E-state index is 0.0690. The van der Waals surface area contributed by atoms with Gasteiger partial charge in [0, 0.05) is 13.2 Å². The Morgan fingerprint density at radius 3 is 3.25 bits per heavy atom. The van der Waals surface area contributed by atoms with Crippen LogP contribution in [0.3, 0.4) is 0 Å². The Labute approximate surface area is 96.6 Å². The molecular formula is C9H13N5OS.